The van der Waals surface area contributed by atoms with Gasteiger partial charge in [-0.3, -0.25) is 4.79 Å². The standard InChI is InChI=1S/C18H17Cl3N2O5S/c19-12-1-2-16(17(10-12)29(25,26)23-3-5-27-6-4-23)28-11-18(24)22-15-8-13(20)7-14(21)9-15/h1-2,7-10H,3-6,11H2,(H,22,24). The Morgan fingerprint density at radius 2 is 1.69 bits per heavy atom. The Hall–Kier alpha value is -1.55. The van der Waals surface area contributed by atoms with Gasteiger partial charge in [0, 0.05) is 33.8 Å². The Morgan fingerprint density at radius 3 is 2.34 bits per heavy atom. The number of hydrogen-bond acceptors (Lipinski definition) is 5. The second-order valence-corrected chi connectivity index (χ2v) is 9.32. The van der Waals surface area contributed by atoms with Gasteiger partial charge in [0.05, 0.1) is 13.2 Å². The average Bonchev–Trinajstić information content (AvgIpc) is 2.67. The van der Waals surface area contributed by atoms with E-state index in [-0.39, 0.29) is 28.8 Å². The zero-order valence-corrected chi connectivity index (χ0v) is 18.1. The fourth-order valence-corrected chi connectivity index (χ4v) is 5.02. The molecule has 1 fully saturated rings. The Bertz CT molecular complexity index is 990. The number of nitrogens with one attached hydrogen (secondary N) is 1. The second kappa shape index (κ2) is 9.51. The van der Waals surface area contributed by atoms with Gasteiger partial charge in [-0.1, -0.05) is 34.8 Å². The minimum atomic E-state index is -3.86. The zero-order chi connectivity index (χ0) is 21.0. The first kappa shape index (κ1) is 22.1. The number of rotatable bonds is 6. The fraction of sp³-hybridized carbons (Fsp3) is 0.278. The molecule has 1 saturated heterocycles. The van der Waals surface area contributed by atoms with E-state index in [2.05, 4.69) is 5.32 Å². The number of benzene rings is 2. The van der Waals surface area contributed by atoms with Crippen molar-refractivity contribution in [3.63, 3.8) is 0 Å². The number of carbonyl (C=O) groups excluding carboxylic acids is 1. The summed E-state index contributed by atoms with van der Waals surface area (Å²) in [7, 11) is -3.86. The van der Waals surface area contributed by atoms with Crippen molar-refractivity contribution in [1.82, 2.24) is 4.31 Å². The molecule has 0 unspecified atom stereocenters. The zero-order valence-electron chi connectivity index (χ0n) is 15.0. The van der Waals surface area contributed by atoms with E-state index < -0.39 is 22.5 Å². The van der Waals surface area contributed by atoms with Crippen molar-refractivity contribution in [2.75, 3.05) is 38.2 Å². The minimum Gasteiger partial charge on any atom is -0.482 e. The number of anilines is 1. The fourth-order valence-electron chi connectivity index (χ4n) is 2.70. The lowest BCUT2D eigenvalue weighted by Gasteiger charge is -2.26. The third-order valence-corrected chi connectivity index (χ3v) is 6.59. The Kier molecular flexibility index (Phi) is 7.26. The van der Waals surface area contributed by atoms with Crippen LogP contribution in [-0.2, 0) is 19.6 Å². The molecule has 2 aromatic rings. The monoisotopic (exact) mass is 478 g/mol. The number of carbonyl (C=O) groups is 1. The Balaban J connectivity index is 1.74. The molecule has 2 aromatic carbocycles. The largest absolute Gasteiger partial charge is 0.482 e. The number of halogens is 3. The SMILES string of the molecule is O=C(COc1ccc(Cl)cc1S(=O)(=O)N1CCOCC1)Nc1cc(Cl)cc(Cl)c1. The van der Waals surface area contributed by atoms with Crippen molar-refractivity contribution >= 4 is 56.4 Å². The number of amides is 1. The maximum Gasteiger partial charge on any atom is 0.262 e. The van der Waals surface area contributed by atoms with Gasteiger partial charge in [-0.05, 0) is 36.4 Å². The van der Waals surface area contributed by atoms with E-state index in [0.29, 0.717) is 28.9 Å². The summed E-state index contributed by atoms with van der Waals surface area (Å²) in [5.74, 6) is -0.479. The highest BCUT2D eigenvalue weighted by Crippen LogP contribution is 2.30. The molecule has 11 heteroatoms. The van der Waals surface area contributed by atoms with Crippen molar-refractivity contribution in [3.05, 3.63) is 51.5 Å². The molecule has 3 rings (SSSR count). The summed E-state index contributed by atoms with van der Waals surface area (Å²) in [4.78, 5) is 12.1. The van der Waals surface area contributed by atoms with Crippen molar-refractivity contribution in [2.45, 2.75) is 4.90 Å². The van der Waals surface area contributed by atoms with Crippen LogP contribution in [0.25, 0.3) is 0 Å². The van der Waals surface area contributed by atoms with Crippen molar-refractivity contribution in [3.8, 4) is 5.75 Å². The molecule has 0 radical (unpaired) electrons. The van der Waals surface area contributed by atoms with Crippen LogP contribution in [0.3, 0.4) is 0 Å². The second-order valence-electron chi connectivity index (χ2n) is 6.10. The van der Waals surface area contributed by atoms with E-state index in [0.717, 1.165) is 0 Å². The maximum atomic E-state index is 13.0. The highest BCUT2D eigenvalue weighted by Gasteiger charge is 2.29. The Labute approximate surface area is 183 Å². The summed E-state index contributed by atoms with van der Waals surface area (Å²) in [6.45, 7) is 0.646. The quantitative estimate of drug-likeness (QED) is 0.683. The normalized spacial score (nSPS) is 15.1. The molecule has 1 aliphatic heterocycles. The van der Waals surface area contributed by atoms with Crippen LogP contribution >= 0.6 is 34.8 Å². The first-order valence-electron chi connectivity index (χ1n) is 8.52. The molecule has 1 amide bonds. The average molecular weight is 480 g/mol. The van der Waals surface area contributed by atoms with Gasteiger partial charge in [0.1, 0.15) is 10.6 Å². The van der Waals surface area contributed by atoms with Crippen LogP contribution < -0.4 is 10.1 Å². The van der Waals surface area contributed by atoms with Crippen LogP contribution in [0.15, 0.2) is 41.3 Å². The number of sulfonamides is 1. The molecule has 1 heterocycles. The van der Waals surface area contributed by atoms with Gasteiger partial charge in [-0.15, -0.1) is 0 Å². The van der Waals surface area contributed by atoms with E-state index in [1.165, 1.54) is 40.7 Å². The molecule has 0 spiro atoms. The molecule has 0 saturated carbocycles. The van der Waals surface area contributed by atoms with Crippen LogP contribution in [0, 0.1) is 0 Å². The highest BCUT2D eigenvalue weighted by molar-refractivity contribution is 7.89. The molecule has 156 valence electrons. The molecule has 29 heavy (non-hydrogen) atoms. The number of ether oxygens (including phenoxy) is 2. The van der Waals surface area contributed by atoms with Gasteiger partial charge in [-0.25, -0.2) is 8.42 Å². The van der Waals surface area contributed by atoms with Crippen molar-refractivity contribution in [2.24, 2.45) is 0 Å². The van der Waals surface area contributed by atoms with Gasteiger partial charge in [0.2, 0.25) is 10.0 Å². The molecule has 0 atom stereocenters. The van der Waals surface area contributed by atoms with Crippen LogP contribution in [0.4, 0.5) is 5.69 Å². The third-order valence-electron chi connectivity index (χ3n) is 4.00. The predicted molar refractivity (Wildman–Crippen MR) is 112 cm³/mol. The lowest BCUT2D eigenvalue weighted by atomic mass is 10.3. The van der Waals surface area contributed by atoms with E-state index in [9.17, 15) is 13.2 Å². The van der Waals surface area contributed by atoms with Crippen LogP contribution in [-0.4, -0.2) is 51.5 Å². The van der Waals surface area contributed by atoms with Gasteiger partial charge in [-0.2, -0.15) is 4.31 Å². The summed E-state index contributed by atoms with van der Waals surface area (Å²) in [6, 6.07) is 8.80. The minimum absolute atomic E-state index is 0.0279. The number of nitrogens with zero attached hydrogens (tertiary/aromatic N) is 1. The topological polar surface area (TPSA) is 84.9 Å². The third kappa shape index (κ3) is 5.75. The molecule has 7 nitrogen and oxygen atoms in total. The van der Waals surface area contributed by atoms with E-state index >= 15 is 0 Å². The summed E-state index contributed by atoms with van der Waals surface area (Å²) >= 11 is 17.8. The molecule has 0 aliphatic carbocycles. The predicted octanol–water partition coefficient (Wildman–Crippen LogP) is 3.69. The van der Waals surface area contributed by atoms with Gasteiger partial charge < -0.3 is 14.8 Å². The summed E-state index contributed by atoms with van der Waals surface area (Å²) < 4.78 is 37.9. The van der Waals surface area contributed by atoms with Crippen molar-refractivity contribution in [1.29, 1.82) is 0 Å². The molecule has 0 aromatic heterocycles. The molecular weight excluding hydrogens is 463 g/mol. The Morgan fingerprint density at radius 1 is 1.03 bits per heavy atom. The molecular formula is C18H17Cl3N2O5S. The first-order chi connectivity index (χ1) is 13.8. The number of hydrogen-bond donors (Lipinski definition) is 1. The number of morpholine rings is 1. The van der Waals surface area contributed by atoms with E-state index in [1.54, 1.807) is 0 Å². The smallest absolute Gasteiger partial charge is 0.262 e. The van der Waals surface area contributed by atoms with Crippen LogP contribution in [0.5, 0.6) is 5.75 Å². The molecule has 1 N–H and O–H groups in total. The van der Waals surface area contributed by atoms with Gasteiger partial charge in [0.15, 0.2) is 6.61 Å². The maximum absolute atomic E-state index is 13.0. The van der Waals surface area contributed by atoms with E-state index in [1.807, 2.05) is 0 Å². The lowest BCUT2D eigenvalue weighted by molar-refractivity contribution is -0.118. The van der Waals surface area contributed by atoms with Gasteiger partial charge in [0.25, 0.3) is 5.91 Å². The lowest BCUT2D eigenvalue weighted by Crippen LogP contribution is -2.40. The van der Waals surface area contributed by atoms with Gasteiger partial charge >= 0.3 is 0 Å². The van der Waals surface area contributed by atoms with Crippen LogP contribution in [0.1, 0.15) is 0 Å². The van der Waals surface area contributed by atoms with Crippen LogP contribution in [0.2, 0.25) is 15.1 Å². The summed E-state index contributed by atoms with van der Waals surface area (Å²) in [5.41, 5.74) is 0.397. The molecule has 1 aliphatic rings. The molecule has 0 bridgehead atoms. The first-order valence-corrected chi connectivity index (χ1v) is 11.1. The van der Waals surface area contributed by atoms with Crippen molar-refractivity contribution < 1.29 is 22.7 Å². The van der Waals surface area contributed by atoms with E-state index in [4.69, 9.17) is 44.3 Å². The highest BCUT2D eigenvalue weighted by atomic mass is 35.5. The summed E-state index contributed by atoms with van der Waals surface area (Å²) in [5, 5.41) is 3.56. The summed E-state index contributed by atoms with van der Waals surface area (Å²) in [6.07, 6.45) is 0.